The van der Waals surface area contributed by atoms with E-state index < -0.39 is 22.3 Å². The first-order chi connectivity index (χ1) is 9.86. The minimum Gasteiger partial charge on any atom is -0.386 e. The second-order valence-corrected chi connectivity index (χ2v) is 5.15. The van der Waals surface area contributed by atoms with Gasteiger partial charge in [-0.05, 0) is 24.8 Å². The second kappa shape index (κ2) is 7.56. The maximum absolute atomic E-state index is 13.6. The van der Waals surface area contributed by atoms with Crippen molar-refractivity contribution in [2.45, 2.75) is 26.7 Å². The molecule has 116 valence electrons. The van der Waals surface area contributed by atoms with Crippen molar-refractivity contribution in [1.29, 1.82) is 0 Å². The second-order valence-electron chi connectivity index (χ2n) is 5.15. The fourth-order valence-electron chi connectivity index (χ4n) is 1.89. The standard InChI is InChI=1S/C14H20FN3O3/c1-9(2)5-4-6-17-14(19)10-7-12(16-3)11(15)8-13(10)18(20)21/h7-9,16H,4-6H2,1-3H3,(H,17,19). The number of nitro groups is 1. The maximum Gasteiger partial charge on any atom is 0.285 e. The summed E-state index contributed by atoms with van der Waals surface area (Å²) in [6, 6.07) is 1.92. The van der Waals surface area contributed by atoms with Crippen LogP contribution in [0, 0.1) is 21.8 Å². The van der Waals surface area contributed by atoms with E-state index in [0.717, 1.165) is 25.0 Å². The third-order valence-corrected chi connectivity index (χ3v) is 3.04. The first-order valence-corrected chi connectivity index (χ1v) is 6.80. The Labute approximate surface area is 122 Å². The molecule has 0 heterocycles. The summed E-state index contributed by atoms with van der Waals surface area (Å²) in [7, 11) is 1.48. The van der Waals surface area contributed by atoms with E-state index >= 15 is 0 Å². The van der Waals surface area contributed by atoms with Gasteiger partial charge in [-0.25, -0.2) is 4.39 Å². The van der Waals surface area contributed by atoms with Gasteiger partial charge in [0.25, 0.3) is 11.6 Å². The molecule has 0 bridgehead atoms. The molecule has 0 aliphatic rings. The average Bonchev–Trinajstić information content (AvgIpc) is 2.42. The zero-order valence-corrected chi connectivity index (χ0v) is 12.4. The van der Waals surface area contributed by atoms with E-state index in [4.69, 9.17) is 0 Å². The third kappa shape index (κ3) is 4.70. The van der Waals surface area contributed by atoms with E-state index in [1.165, 1.54) is 7.05 Å². The van der Waals surface area contributed by atoms with E-state index in [1.54, 1.807) is 0 Å². The molecule has 21 heavy (non-hydrogen) atoms. The van der Waals surface area contributed by atoms with Crippen molar-refractivity contribution in [1.82, 2.24) is 5.32 Å². The summed E-state index contributed by atoms with van der Waals surface area (Å²) in [6.45, 7) is 4.58. The van der Waals surface area contributed by atoms with Crippen LogP contribution in [0.25, 0.3) is 0 Å². The Morgan fingerprint density at radius 3 is 2.62 bits per heavy atom. The van der Waals surface area contributed by atoms with Crippen molar-refractivity contribution in [2.75, 3.05) is 18.9 Å². The third-order valence-electron chi connectivity index (χ3n) is 3.04. The van der Waals surface area contributed by atoms with Crippen LogP contribution in [0.1, 0.15) is 37.0 Å². The zero-order chi connectivity index (χ0) is 16.0. The van der Waals surface area contributed by atoms with Crippen LogP contribution in [0.15, 0.2) is 12.1 Å². The maximum atomic E-state index is 13.6. The molecule has 1 amide bonds. The Morgan fingerprint density at radius 2 is 2.10 bits per heavy atom. The molecule has 1 rings (SSSR count). The smallest absolute Gasteiger partial charge is 0.285 e. The Balaban J connectivity index is 2.89. The van der Waals surface area contributed by atoms with Crippen molar-refractivity contribution < 1.29 is 14.1 Å². The van der Waals surface area contributed by atoms with Crippen LogP contribution in [0.3, 0.4) is 0 Å². The summed E-state index contributed by atoms with van der Waals surface area (Å²) in [5.74, 6) is -0.805. The van der Waals surface area contributed by atoms with Gasteiger partial charge >= 0.3 is 0 Å². The lowest BCUT2D eigenvalue weighted by Crippen LogP contribution is -2.25. The monoisotopic (exact) mass is 297 g/mol. The normalized spacial score (nSPS) is 10.5. The molecule has 0 spiro atoms. The van der Waals surface area contributed by atoms with Crippen LogP contribution in [-0.2, 0) is 0 Å². The van der Waals surface area contributed by atoms with Crippen LogP contribution in [0.5, 0.6) is 0 Å². The highest BCUT2D eigenvalue weighted by Gasteiger charge is 2.23. The van der Waals surface area contributed by atoms with Gasteiger partial charge in [-0.1, -0.05) is 13.8 Å². The Kier molecular flexibility index (Phi) is 6.08. The molecule has 0 saturated carbocycles. The van der Waals surface area contributed by atoms with Crippen molar-refractivity contribution in [3.05, 3.63) is 33.6 Å². The number of carbonyl (C=O) groups excluding carboxylic acids is 1. The molecule has 0 fully saturated rings. The predicted octanol–water partition coefficient (Wildman–Crippen LogP) is 2.94. The van der Waals surface area contributed by atoms with Crippen LogP contribution >= 0.6 is 0 Å². The van der Waals surface area contributed by atoms with Crippen LogP contribution in [0.2, 0.25) is 0 Å². The summed E-state index contributed by atoms with van der Waals surface area (Å²) >= 11 is 0. The van der Waals surface area contributed by atoms with Gasteiger partial charge in [-0.15, -0.1) is 0 Å². The molecule has 0 radical (unpaired) electrons. The highest BCUT2D eigenvalue weighted by molar-refractivity contribution is 5.99. The topological polar surface area (TPSA) is 84.3 Å². The van der Waals surface area contributed by atoms with Gasteiger partial charge in [0.1, 0.15) is 5.56 Å². The molecular formula is C14H20FN3O3. The van der Waals surface area contributed by atoms with Crippen LogP contribution < -0.4 is 10.6 Å². The summed E-state index contributed by atoms with van der Waals surface area (Å²) in [5.41, 5.74) is -0.629. The van der Waals surface area contributed by atoms with Gasteiger partial charge in [0, 0.05) is 13.6 Å². The summed E-state index contributed by atoms with van der Waals surface area (Å²) in [6.07, 6.45) is 1.74. The first kappa shape index (κ1) is 16.9. The Bertz CT molecular complexity index is 532. The fourth-order valence-corrected chi connectivity index (χ4v) is 1.89. The number of benzene rings is 1. The number of nitro benzene ring substituents is 1. The van der Waals surface area contributed by atoms with E-state index in [2.05, 4.69) is 24.5 Å². The number of nitrogens with zero attached hydrogens (tertiary/aromatic N) is 1. The number of hydrogen-bond donors (Lipinski definition) is 2. The number of halogens is 1. The lowest BCUT2D eigenvalue weighted by atomic mass is 10.1. The van der Waals surface area contributed by atoms with E-state index in [9.17, 15) is 19.3 Å². The van der Waals surface area contributed by atoms with Crippen molar-refractivity contribution >= 4 is 17.3 Å². The van der Waals surface area contributed by atoms with Crippen LogP contribution in [-0.4, -0.2) is 24.4 Å². The molecular weight excluding hydrogens is 277 g/mol. The lowest BCUT2D eigenvalue weighted by Gasteiger charge is -2.09. The molecule has 0 aliphatic heterocycles. The highest BCUT2D eigenvalue weighted by Crippen LogP contribution is 2.25. The van der Waals surface area contributed by atoms with Gasteiger partial charge in [0.2, 0.25) is 0 Å². The molecule has 0 atom stereocenters. The minimum atomic E-state index is -0.763. The van der Waals surface area contributed by atoms with E-state index in [0.29, 0.717) is 12.5 Å². The fraction of sp³-hybridized carbons (Fsp3) is 0.500. The highest BCUT2D eigenvalue weighted by atomic mass is 19.1. The van der Waals surface area contributed by atoms with Gasteiger partial charge in [-0.2, -0.15) is 0 Å². The number of carbonyl (C=O) groups is 1. The summed E-state index contributed by atoms with van der Waals surface area (Å²) in [5, 5.41) is 16.1. The molecule has 6 nitrogen and oxygen atoms in total. The van der Waals surface area contributed by atoms with Gasteiger partial charge in [-0.3, -0.25) is 14.9 Å². The molecule has 1 aromatic rings. The van der Waals surface area contributed by atoms with Crippen molar-refractivity contribution in [3.8, 4) is 0 Å². The van der Waals surface area contributed by atoms with Gasteiger partial charge in [0.05, 0.1) is 16.7 Å². The van der Waals surface area contributed by atoms with Crippen molar-refractivity contribution in [3.63, 3.8) is 0 Å². The first-order valence-electron chi connectivity index (χ1n) is 6.80. The molecule has 0 aromatic heterocycles. The average molecular weight is 297 g/mol. The SMILES string of the molecule is CNc1cc(C(=O)NCCCC(C)C)c([N+](=O)[O-])cc1F. The molecule has 0 unspecified atom stereocenters. The Morgan fingerprint density at radius 1 is 1.43 bits per heavy atom. The number of rotatable bonds is 7. The summed E-state index contributed by atoms with van der Waals surface area (Å²) < 4.78 is 13.6. The number of amides is 1. The van der Waals surface area contributed by atoms with Crippen molar-refractivity contribution in [2.24, 2.45) is 5.92 Å². The molecule has 7 heteroatoms. The predicted molar refractivity (Wildman–Crippen MR) is 79.0 cm³/mol. The minimum absolute atomic E-state index is 0.0490. The molecule has 1 aromatic carbocycles. The lowest BCUT2D eigenvalue weighted by molar-refractivity contribution is -0.385. The largest absolute Gasteiger partial charge is 0.386 e. The Hall–Kier alpha value is -2.18. The number of hydrogen-bond acceptors (Lipinski definition) is 4. The number of anilines is 1. The number of nitrogens with one attached hydrogen (secondary N) is 2. The molecule has 0 saturated heterocycles. The van der Waals surface area contributed by atoms with Gasteiger partial charge in [0.15, 0.2) is 5.82 Å². The van der Waals surface area contributed by atoms with E-state index in [-0.39, 0.29) is 11.3 Å². The quantitative estimate of drug-likeness (QED) is 0.460. The zero-order valence-electron chi connectivity index (χ0n) is 12.4. The molecule has 0 aliphatic carbocycles. The summed E-state index contributed by atoms with van der Waals surface area (Å²) in [4.78, 5) is 22.2. The molecule has 2 N–H and O–H groups in total. The van der Waals surface area contributed by atoms with Crippen LogP contribution in [0.4, 0.5) is 15.8 Å². The van der Waals surface area contributed by atoms with Gasteiger partial charge < -0.3 is 10.6 Å². The van der Waals surface area contributed by atoms with E-state index in [1.807, 2.05) is 0 Å².